The van der Waals surface area contributed by atoms with Crippen LogP contribution < -0.4 is 10.9 Å². The molecular formula is C19H19ClN4O3S. The van der Waals surface area contributed by atoms with E-state index in [1.165, 1.54) is 22.5 Å². The first-order valence-corrected chi connectivity index (χ1v) is 9.95. The van der Waals surface area contributed by atoms with E-state index >= 15 is 0 Å². The van der Waals surface area contributed by atoms with Crippen LogP contribution in [0.2, 0.25) is 5.02 Å². The molecule has 0 saturated heterocycles. The van der Waals surface area contributed by atoms with Crippen molar-refractivity contribution in [2.45, 2.75) is 30.3 Å². The third-order valence-corrected chi connectivity index (χ3v) is 5.31. The Bertz CT molecular complexity index is 1040. The number of carbonyl (C=O) groups is 1. The predicted molar refractivity (Wildman–Crippen MR) is 111 cm³/mol. The van der Waals surface area contributed by atoms with Crippen molar-refractivity contribution in [2.75, 3.05) is 11.9 Å². The molecule has 28 heavy (non-hydrogen) atoms. The van der Waals surface area contributed by atoms with Gasteiger partial charge >= 0.3 is 0 Å². The van der Waals surface area contributed by atoms with Crippen molar-refractivity contribution in [3.05, 3.63) is 58.0 Å². The number of aliphatic hydroxyl groups excluding tert-OH is 1. The highest BCUT2D eigenvalue weighted by Crippen LogP contribution is 2.24. The summed E-state index contributed by atoms with van der Waals surface area (Å²) >= 11 is 6.99. The monoisotopic (exact) mass is 418 g/mol. The molecule has 9 heteroatoms. The fraction of sp³-hybridized carbons (Fsp3) is 0.263. The lowest BCUT2D eigenvalue weighted by Gasteiger charge is -2.16. The van der Waals surface area contributed by atoms with E-state index in [1.807, 2.05) is 6.07 Å². The van der Waals surface area contributed by atoms with E-state index in [0.717, 1.165) is 0 Å². The number of halogens is 1. The number of nitrogens with zero attached hydrogens (tertiary/aromatic N) is 3. The lowest BCUT2D eigenvalue weighted by molar-refractivity contribution is -0.115. The summed E-state index contributed by atoms with van der Waals surface area (Å²) in [6.45, 7) is 2.01. The molecule has 0 saturated carbocycles. The summed E-state index contributed by atoms with van der Waals surface area (Å²) in [6, 6.07) is 10.3. The molecule has 2 heterocycles. The maximum Gasteiger partial charge on any atom is 0.262 e. The zero-order valence-corrected chi connectivity index (χ0v) is 16.7. The van der Waals surface area contributed by atoms with Crippen LogP contribution in [0.15, 0.2) is 52.5 Å². The van der Waals surface area contributed by atoms with Crippen LogP contribution in [-0.4, -0.2) is 37.4 Å². The number of aromatic nitrogens is 3. The van der Waals surface area contributed by atoms with E-state index in [9.17, 15) is 9.59 Å². The molecule has 3 aromatic rings. The molecule has 0 aliphatic heterocycles. The first-order valence-electron chi connectivity index (χ1n) is 8.69. The number of para-hydroxylation sites is 1. The van der Waals surface area contributed by atoms with E-state index in [4.69, 9.17) is 16.7 Å². The van der Waals surface area contributed by atoms with Crippen molar-refractivity contribution < 1.29 is 9.90 Å². The second-order valence-electron chi connectivity index (χ2n) is 6.06. The molecule has 1 amide bonds. The van der Waals surface area contributed by atoms with Gasteiger partial charge < -0.3 is 10.4 Å². The molecule has 0 radical (unpaired) electrons. The third-order valence-electron chi connectivity index (χ3n) is 4.00. The summed E-state index contributed by atoms with van der Waals surface area (Å²) in [5.41, 5.74) is 0.385. The zero-order chi connectivity index (χ0) is 20.1. The van der Waals surface area contributed by atoms with Crippen molar-refractivity contribution in [3.8, 4) is 0 Å². The molecule has 3 rings (SSSR count). The highest BCUT2D eigenvalue weighted by atomic mass is 35.5. The SMILES string of the molecule is CC(Sc1nc2ccccc2c(=O)n1CCCO)C(=O)Nc1ccc(Cl)cn1. The number of fused-ring (bicyclic) bond motifs is 1. The Labute approximate surface area is 170 Å². The van der Waals surface area contributed by atoms with Crippen LogP contribution >= 0.6 is 23.4 Å². The number of pyridine rings is 1. The van der Waals surface area contributed by atoms with Crippen molar-refractivity contribution in [1.29, 1.82) is 0 Å². The minimum absolute atomic E-state index is 0.0400. The summed E-state index contributed by atoms with van der Waals surface area (Å²) in [4.78, 5) is 34.0. The van der Waals surface area contributed by atoms with E-state index in [2.05, 4.69) is 15.3 Å². The number of hydrogen-bond acceptors (Lipinski definition) is 6. The molecule has 1 aromatic carbocycles. The largest absolute Gasteiger partial charge is 0.396 e. The minimum Gasteiger partial charge on any atom is -0.396 e. The summed E-state index contributed by atoms with van der Waals surface area (Å²) < 4.78 is 1.51. The molecule has 146 valence electrons. The van der Waals surface area contributed by atoms with Gasteiger partial charge in [0.1, 0.15) is 5.82 Å². The van der Waals surface area contributed by atoms with Crippen molar-refractivity contribution in [3.63, 3.8) is 0 Å². The smallest absolute Gasteiger partial charge is 0.262 e. The zero-order valence-electron chi connectivity index (χ0n) is 15.1. The Morgan fingerprint density at radius 2 is 2.11 bits per heavy atom. The van der Waals surface area contributed by atoms with Crippen LogP contribution in [0, 0.1) is 0 Å². The first kappa shape index (κ1) is 20.3. The normalized spacial score (nSPS) is 12.1. The van der Waals surface area contributed by atoms with Gasteiger partial charge in [-0.1, -0.05) is 35.5 Å². The fourth-order valence-electron chi connectivity index (χ4n) is 2.55. The van der Waals surface area contributed by atoms with Gasteiger partial charge in [-0.25, -0.2) is 9.97 Å². The second kappa shape index (κ2) is 9.18. The Kier molecular flexibility index (Phi) is 6.66. The number of anilines is 1. The predicted octanol–water partition coefficient (Wildman–Crippen LogP) is 2.95. The molecule has 1 atom stereocenters. The number of hydrogen-bond donors (Lipinski definition) is 2. The number of amides is 1. The third kappa shape index (κ3) is 4.70. The molecule has 2 aromatic heterocycles. The van der Waals surface area contributed by atoms with Gasteiger partial charge in [0.05, 0.1) is 21.2 Å². The van der Waals surface area contributed by atoms with Crippen LogP contribution in [0.25, 0.3) is 10.9 Å². The standard InChI is InChI=1S/C19H19ClN4O3S/c1-12(17(26)23-16-8-7-13(20)11-21-16)28-19-22-15-6-3-2-5-14(15)18(27)24(19)9-4-10-25/h2-3,5-8,11-12,25H,4,9-10H2,1H3,(H,21,23,26). The molecule has 0 aliphatic carbocycles. The van der Waals surface area contributed by atoms with Crippen molar-refractivity contribution >= 4 is 46.0 Å². The van der Waals surface area contributed by atoms with E-state index in [0.29, 0.717) is 39.9 Å². The maximum atomic E-state index is 12.8. The quantitative estimate of drug-likeness (QED) is 0.452. The minimum atomic E-state index is -0.522. The van der Waals surface area contributed by atoms with Crippen LogP contribution in [-0.2, 0) is 11.3 Å². The number of thioether (sulfide) groups is 1. The Morgan fingerprint density at radius 3 is 2.82 bits per heavy atom. The van der Waals surface area contributed by atoms with Gasteiger partial charge in [-0.2, -0.15) is 0 Å². The molecular weight excluding hydrogens is 400 g/mol. The molecule has 7 nitrogen and oxygen atoms in total. The topological polar surface area (TPSA) is 97.1 Å². The molecule has 0 bridgehead atoms. The number of carbonyl (C=O) groups excluding carboxylic acids is 1. The van der Waals surface area contributed by atoms with Gasteiger partial charge in [-0.05, 0) is 37.6 Å². The van der Waals surface area contributed by atoms with Gasteiger partial charge in [0.2, 0.25) is 5.91 Å². The van der Waals surface area contributed by atoms with Crippen LogP contribution in [0.5, 0.6) is 0 Å². The second-order valence-corrected chi connectivity index (χ2v) is 7.80. The number of rotatable bonds is 7. The Balaban J connectivity index is 1.86. The Morgan fingerprint density at radius 1 is 1.32 bits per heavy atom. The molecule has 2 N–H and O–H groups in total. The van der Waals surface area contributed by atoms with Gasteiger partial charge in [0.25, 0.3) is 5.56 Å². The molecule has 0 fully saturated rings. The van der Waals surface area contributed by atoms with Crippen molar-refractivity contribution in [1.82, 2.24) is 14.5 Å². The number of nitrogens with one attached hydrogen (secondary N) is 1. The maximum absolute atomic E-state index is 12.8. The van der Waals surface area contributed by atoms with Crippen molar-refractivity contribution in [2.24, 2.45) is 0 Å². The van der Waals surface area contributed by atoms with E-state index < -0.39 is 5.25 Å². The molecule has 0 aliphatic rings. The average Bonchev–Trinajstić information content (AvgIpc) is 2.69. The summed E-state index contributed by atoms with van der Waals surface area (Å²) in [5, 5.41) is 12.8. The summed E-state index contributed by atoms with van der Waals surface area (Å²) in [7, 11) is 0. The first-order chi connectivity index (χ1) is 13.5. The highest BCUT2D eigenvalue weighted by molar-refractivity contribution is 8.00. The lowest BCUT2D eigenvalue weighted by atomic mass is 10.2. The molecule has 0 spiro atoms. The lowest BCUT2D eigenvalue weighted by Crippen LogP contribution is -2.27. The van der Waals surface area contributed by atoms with Crippen LogP contribution in [0.1, 0.15) is 13.3 Å². The van der Waals surface area contributed by atoms with E-state index in [1.54, 1.807) is 37.3 Å². The highest BCUT2D eigenvalue weighted by Gasteiger charge is 2.19. The van der Waals surface area contributed by atoms with E-state index in [-0.39, 0.29) is 18.1 Å². The Hall–Kier alpha value is -2.42. The number of aliphatic hydroxyl groups is 1. The average molecular weight is 419 g/mol. The van der Waals surface area contributed by atoms with Crippen LogP contribution in [0.3, 0.4) is 0 Å². The summed E-state index contributed by atoms with van der Waals surface area (Å²) in [5.74, 6) is 0.127. The molecule has 1 unspecified atom stereocenters. The number of benzene rings is 1. The fourth-order valence-corrected chi connectivity index (χ4v) is 3.60. The van der Waals surface area contributed by atoms with Gasteiger partial charge in [-0.3, -0.25) is 14.2 Å². The van der Waals surface area contributed by atoms with Crippen LogP contribution in [0.4, 0.5) is 5.82 Å². The summed E-state index contributed by atoms with van der Waals surface area (Å²) in [6.07, 6.45) is 1.87. The van der Waals surface area contributed by atoms with Gasteiger partial charge in [-0.15, -0.1) is 0 Å². The van der Waals surface area contributed by atoms with Gasteiger partial charge in [0, 0.05) is 19.3 Å². The van der Waals surface area contributed by atoms with Gasteiger partial charge in [0.15, 0.2) is 5.16 Å².